The van der Waals surface area contributed by atoms with Crippen molar-refractivity contribution >= 4 is 17.5 Å². The largest absolute Gasteiger partial charge is 0.382 e. The number of nitrogens with one attached hydrogen (secondary N) is 1. The third kappa shape index (κ3) is 4.45. The molecule has 0 spiro atoms. The van der Waals surface area contributed by atoms with Gasteiger partial charge in [-0.1, -0.05) is 18.2 Å². The van der Waals surface area contributed by atoms with E-state index in [0.29, 0.717) is 24.5 Å². The lowest BCUT2D eigenvalue weighted by Crippen LogP contribution is -2.39. The standard InChI is InChI=1S/C23H28N6O/c1-16-6-3-10-22(26-16)25-14-20-9-5-11-28(20)23(30)19-8-4-7-18(13-19)15-29-17(2)12-21(24)27-29/h3-4,6-8,10,12-13,20H,5,9,11,14-15H2,1-2H3,(H2,24,27)(H,25,26). The Morgan fingerprint density at radius 2 is 2.03 bits per heavy atom. The zero-order valence-electron chi connectivity index (χ0n) is 17.5. The molecular formula is C23H28N6O. The van der Waals surface area contributed by atoms with Crippen LogP contribution in [0.4, 0.5) is 11.6 Å². The molecule has 1 fully saturated rings. The van der Waals surface area contributed by atoms with E-state index in [0.717, 1.165) is 42.2 Å². The quantitative estimate of drug-likeness (QED) is 0.658. The number of nitrogens with two attached hydrogens (primary N) is 1. The number of hydrogen-bond donors (Lipinski definition) is 2. The second-order valence-corrected chi connectivity index (χ2v) is 7.91. The van der Waals surface area contributed by atoms with Gasteiger partial charge in [-0.25, -0.2) is 4.98 Å². The van der Waals surface area contributed by atoms with Gasteiger partial charge in [-0.2, -0.15) is 5.10 Å². The Hall–Kier alpha value is -3.35. The molecule has 156 valence electrons. The molecule has 1 aromatic carbocycles. The van der Waals surface area contributed by atoms with Crippen LogP contribution in [-0.2, 0) is 6.54 Å². The monoisotopic (exact) mass is 404 g/mol. The summed E-state index contributed by atoms with van der Waals surface area (Å²) >= 11 is 0. The van der Waals surface area contributed by atoms with Gasteiger partial charge in [0, 0.05) is 42.1 Å². The maximum atomic E-state index is 13.2. The van der Waals surface area contributed by atoms with Crippen LogP contribution in [0.25, 0.3) is 0 Å². The zero-order valence-corrected chi connectivity index (χ0v) is 17.5. The summed E-state index contributed by atoms with van der Waals surface area (Å²) in [5, 5.41) is 7.70. The van der Waals surface area contributed by atoms with Gasteiger partial charge in [-0.15, -0.1) is 0 Å². The number of likely N-dealkylation sites (tertiary alicyclic amines) is 1. The fraction of sp³-hybridized carbons (Fsp3) is 0.348. The Balaban J connectivity index is 1.44. The minimum atomic E-state index is 0.0788. The normalized spacial score (nSPS) is 16.1. The first kappa shape index (κ1) is 19.9. The minimum Gasteiger partial charge on any atom is -0.382 e. The molecule has 4 rings (SSSR count). The SMILES string of the molecule is Cc1cccc(NCC2CCCN2C(=O)c2cccc(Cn3nc(N)cc3C)c2)n1. The number of carbonyl (C=O) groups excluding carboxylic acids is 1. The molecule has 3 heterocycles. The number of amides is 1. The van der Waals surface area contributed by atoms with Crippen LogP contribution in [0.2, 0.25) is 0 Å². The van der Waals surface area contributed by atoms with Crippen LogP contribution in [0.3, 0.4) is 0 Å². The number of benzene rings is 1. The molecule has 3 aromatic rings. The highest BCUT2D eigenvalue weighted by atomic mass is 16.2. The summed E-state index contributed by atoms with van der Waals surface area (Å²) in [6.45, 7) is 6.03. The molecule has 0 saturated carbocycles. The molecule has 30 heavy (non-hydrogen) atoms. The number of aromatic nitrogens is 3. The van der Waals surface area contributed by atoms with Gasteiger partial charge in [0.25, 0.3) is 5.91 Å². The van der Waals surface area contributed by atoms with Gasteiger partial charge >= 0.3 is 0 Å². The number of anilines is 2. The minimum absolute atomic E-state index is 0.0788. The molecule has 0 aliphatic carbocycles. The second-order valence-electron chi connectivity index (χ2n) is 7.91. The Bertz CT molecular complexity index is 1040. The van der Waals surface area contributed by atoms with Gasteiger partial charge in [-0.3, -0.25) is 9.48 Å². The van der Waals surface area contributed by atoms with E-state index in [2.05, 4.69) is 15.4 Å². The van der Waals surface area contributed by atoms with E-state index in [1.807, 2.05) is 72.0 Å². The Kier molecular flexibility index (Phi) is 5.70. The number of nitrogen functional groups attached to an aromatic ring is 1. The summed E-state index contributed by atoms with van der Waals surface area (Å²) in [5.41, 5.74) is 9.51. The summed E-state index contributed by atoms with van der Waals surface area (Å²) in [6, 6.07) is 15.7. The van der Waals surface area contributed by atoms with Crippen LogP contribution in [-0.4, -0.2) is 44.7 Å². The lowest BCUT2D eigenvalue weighted by molar-refractivity contribution is 0.0743. The number of carbonyl (C=O) groups is 1. The molecule has 1 amide bonds. The van der Waals surface area contributed by atoms with E-state index in [4.69, 9.17) is 5.73 Å². The van der Waals surface area contributed by atoms with Crippen LogP contribution < -0.4 is 11.1 Å². The molecule has 0 bridgehead atoms. The molecule has 1 aliphatic heterocycles. The Morgan fingerprint density at radius 3 is 2.80 bits per heavy atom. The summed E-state index contributed by atoms with van der Waals surface area (Å²) < 4.78 is 1.86. The van der Waals surface area contributed by atoms with Crippen LogP contribution in [0.5, 0.6) is 0 Å². The number of nitrogens with zero attached hydrogens (tertiary/aromatic N) is 4. The first-order chi connectivity index (χ1) is 14.5. The topological polar surface area (TPSA) is 89.1 Å². The molecule has 7 nitrogen and oxygen atoms in total. The van der Waals surface area contributed by atoms with Crippen molar-refractivity contribution in [1.29, 1.82) is 0 Å². The maximum absolute atomic E-state index is 13.2. The van der Waals surface area contributed by atoms with E-state index < -0.39 is 0 Å². The lowest BCUT2D eigenvalue weighted by atomic mass is 10.1. The predicted molar refractivity (Wildman–Crippen MR) is 118 cm³/mol. The van der Waals surface area contributed by atoms with Crippen molar-refractivity contribution in [2.24, 2.45) is 0 Å². The van der Waals surface area contributed by atoms with Crippen molar-refractivity contribution in [3.05, 3.63) is 71.0 Å². The van der Waals surface area contributed by atoms with Gasteiger partial charge in [0.05, 0.1) is 6.54 Å². The van der Waals surface area contributed by atoms with Crippen molar-refractivity contribution < 1.29 is 4.79 Å². The first-order valence-electron chi connectivity index (χ1n) is 10.4. The van der Waals surface area contributed by atoms with E-state index >= 15 is 0 Å². The van der Waals surface area contributed by atoms with Crippen molar-refractivity contribution in [2.45, 2.75) is 39.3 Å². The smallest absolute Gasteiger partial charge is 0.254 e. The van der Waals surface area contributed by atoms with E-state index in [1.165, 1.54) is 0 Å². The first-order valence-corrected chi connectivity index (χ1v) is 10.4. The van der Waals surface area contributed by atoms with Gasteiger partial charge in [0.2, 0.25) is 0 Å². The summed E-state index contributed by atoms with van der Waals surface area (Å²) in [6.07, 6.45) is 2.01. The molecular weight excluding hydrogens is 376 g/mol. The predicted octanol–water partition coefficient (Wildman–Crippen LogP) is 3.24. The highest BCUT2D eigenvalue weighted by molar-refractivity contribution is 5.94. The fourth-order valence-electron chi connectivity index (χ4n) is 4.02. The lowest BCUT2D eigenvalue weighted by Gasteiger charge is -2.25. The highest BCUT2D eigenvalue weighted by Gasteiger charge is 2.29. The molecule has 1 aliphatic rings. The molecule has 1 unspecified atom stereocenters. The van der Waals surface area contributed by atoms with Gasteiger partial charge in [-0.05, 0) is 56.5 Å². The van der Waals surface area contributed by atoms with Crippen LogP contribution >= 0.6 is 0 Å². The summed E-state index contributed by atoms with van der Waals surface area (Å²) in [5.74, 6) is 1.44. The molecule has 1 saturated heterocycles. The fourth-order valence-corrected chi connectivity index (χ4v) is 4.02. The van der Waals surface area contributed by atoms with Gasteiger partial charge < -0.3 is 16.0 Å². The van der Waals surface area contributed by atoms with Crippen molar-refractivity contribution in [3.8, 4) is 0 Å². The third-order valence-electron chi connectivity index (χ3n) is 5.55. The Labute approximate surface area is 176 Å². The average Bonchev–Trinajstić information content (AvgIpc) is 3.32. The van der Waals surface area contributed by atoms with Crippen LogP contribution in [0.15, 0.2) is 48.5 Å². The molecule has 2 aromatic heterocycles. The Morgan fingerprint density at radius 1 is 1.20 bits per heavy atom. The van der Waals surface area contributed by atoms with Gasteiger partial charge in [0.15, 0.2) is 0 Å². The second kappa shape index (κ2) is 8.57. The number of rotatable bonds is 6. The maximum Gasteiger partial charge on any atom is 0.254 e. The summed E-state index contributed by atoms with van der Waals surface area (Å²) in [4.78, 5) is 19.7. The van der Waals surface area contributed by atoms with E-state index in [9.17, 15) is 4.79 Å². The zero-order chi connectivity index (χ0) is 21.1. The van der Waals surface area contributed by atoms with Crippen molar-refractivity contribution in [2.75, 3.05) is 24.1 Å². The average molecular weight is 405 g/mol. The highest BCUT2D eigenvalue weighted by Crippen LogP contribution is 2.21. The molecule has 1 atom stereocenters. The van der Waals surface area contributed by atoms with Crippen molar-refractivity contribution in [1.82, 2.24) is 19.7 Å². The van der Waals surface area contributed by atoms with Crippen molar-refractivity contribution in [3.63, 3.8) is 0 Å². The number of pyridine rings is 1. The molecule has 0 radical (unpaired) electrons. The van der Waals surface area contributed by atoms with E-state index in [-0.39, 0.29) is 11.9 Å². The number of aryl methyl sites for hydroxylation is 2. The van der Waals surface area contributed by atoms with Crippen LogP contribution in [0.1, 0.15) is 40.2 Å². The third-order valence-corrected chi connectivity index (χ3v) is 5.55. The molecule has 3 N–H and O–H groups in total. The summed E-state index contributed by atoms with van der Waals surface area (Å²) in [7, 11) is 0. The van der Waals surface area contributed by atoms with Gasteiger partial charge in [0.1, 0.15) is 11.6 Å². The van der Waals surface area contributed by atoms with E-state index in [1.54, 1.807) is 0 Å². The van der Waals surface area contributed by atoms with Crippen LogP contribution in [0, 0.1) is 13.8 Å². The molecule has 7 heteroatoms. The number of hydrogen-bond acceptors (Lipinski definition) is 5.